The van der Waals surface area contributed by atoms with Crippen LogP contribution in [0.5, 0.6) is 0 Å². The zero-order chi connectivity index (χ0) is 28.4. The highest BCUT2D eigenvalue weighted by atomic mass is 19.1. The smallest absolute Gasteiger partial charge is 0.249 e. The van der Waals surface area contributed by atoms with Crippen molar-refractivity contribution in [2.24, 2.45) is 0 Å². The Bertz CT molecular complexity index is 1570. The number of amides is 2. The summed E-state index contributed by atoms with van der Waals surface area (Å²) in [4.78, 5) is 28.0. The normalized spacial score (nSPS) is 10.8. The maximum Gasteiger partial charge on any atom is 0.249 e. The zero-order valence-corrected chi connectivity index (χ0v) is 22.3. The molecule has 0 radical (unpaired) electrons. The van der Waals surface area contributed by atoms with Gasteiger partial charge in [0.05, 0.1) is 18.0 Å². The lowest BCUT2D eigenvalue weighted by Crippen LogP contribution is -2.39. The van der Waals surface area contributed by atoms with Crippen molar-refractivity contribution in [3.63, 3.8) is 0 Å². The summed E-state index contributed by atoms with van der Waals surface area (Å²) in [5, 5.41) is 7.56. The summed E-state index contributed by atoms with van der Waals surface area (Å²) in [5.41, 5.74) is 3.92. The van der Waals surface area contributed by atoms with E-state index < -0.39 is 5.91 Å². The van der Waals surface area contributed by atoms with Gasteiger partial charge in [-0.2, -0.15) is 5.10 Å². The molecular weight excluding hydrogens is 519 g/mol. The largest absolute Gasteiger partial charge is 0.367 e. The fourth-order valence-corrected chi connectivity index (χ4v) is 4.31. The van der Waals surface area contributed by atoms with Gasteiger partial charge in [-0.25, -0.2) is 9.07 Å². The van der Waals surface area contributed by atoms with Crippen molar-refractivity contribution in [2.45, 2.75) is 13.2 Å². The molecule has 0 fully saturated rings. The van der Waals surface area contributed by atoms with E-state index in [1.807, 2.05) is 91.0 Å². The SMILES string of the molecule is O=C(CN(Cc1ccccc1)C(=O)COCc1ccccc1)Nc1cc(-c2ccccc2)nn1-c1ccc(F)cc1. The molecule has 5 rings (SSSR count). The molecule has 7 nitrogen and oxygen atoms in total. The van der Waals surface area contributed by atoms with E-state index in [4.69, 9.17) is 4.74 Å². The summed E-state index contributed by atoms with van der Waals surface area (Å²) in [6, 6.07) is 36.2. The molecule has 5 aromatic rings. The van der Waals surface area contributed by atoms with Crippen molar-refractivity contribution < 1.29 is 18.7 Å². The van der Waals surface area contributed by atoms with Crippen molar-refractivity contribution in [2.75, 3.05) is 18.5 Å². The average molecular weight is 549 g/mol. The number of anilines is 1. The second-order valence-corrected chi connectivity index (χ2v) is 9.43. The number of rotatable bonds is 11. The molecule has 1 aromatic heterocycles. The molecule has 0 atom stereocenters. The number of nitrogens with one attached hydrogen (secondary N) is 1. The first kappa shape index (κ1) is 27.5. The number of hydrogen-bond donors (Lipinski definition) is 1. The van der Waals surface area contributed by atoms with E-state index in [0.717, 1.165) is 16.7 Å². The van der Waals surface area contributed by atoms with Gasteiger partial charge in [-0.3, -0.25) is 9.59 Å². The Hall–Kier alpha value is -5.08. The van der Waals surface area contributed by atoms with Gasteiger partial charge >= 0.3 is 0 Å². The van der Waals surface area contributed by atoms with E-state index in [2.05, 4.69) is 10.4 Å². The zero-order valence-electron chi connectivity index (χ0n) is 22.3. The molecule has 1 heterocycles. The molecule has 0 bridgehead atoms. The minimum atomic E-state index is -0.403. The highest BCUT2D eigenvalue weighted by molar-refractivity contribution is 5.94. The van der Waals surface area contributed by atoms with Gasteiger partial charge in [0.15, 0.2) is 0 Å². The van der Waals surface area contributed by atoms with Crippen LogP contribution >= 0.6 is 0 Å². The second kappa shape index (κ2) is 13.3. The quantitative estimate of drug-likeness (QED) is 0.224. The third kappa shape index (κ3) is 7.52. The van der Waals surface area contributed by atoms with Crippen LogP contribution in [0.3, 0.4) is 0 Å². The van der Waals surface area contributed by atoms with Crippen LogP contribution in [0.25, 0.3) is 16.9 Å². The van der Waals surface area contributed by atoms with Gasteiger partial charge in [-0.1, -0.05) is 91.0 Å². The molecule has 4 aromatic carbocycles. The van der Waals surface area contributed by atoms with E-state index >= 15 is 0 Å². The fourth-order valence-electron chi connectivity index (χ4n) is 4.31. The van der Waals surface area contributed by atoms with E-state index in [0.29, 0.717) is 17.2 Å². The second-order valence-electron chi connectivity index (χ2n) is 9.43. The van der Waals surface area contributed by atoms with Gasteiger partial charge in [0, 0.05) is 18.2 Å². The standard InChI is InChI=1S/C33H29FN4O3/c34-28-16-18-29(19-17-28)38-31(20-30(36-38)27-14-8-3-9-15-27)35-32(39)22-37(21-25-10-4-1-5-11-25)33(40)24-41-23-26-12-6-2-7-13-26/h1-20H,21-24H2,(H,35,39). The molecular formula is C33H29FN4O3. The highest BCUT2D eigenvalue weighted by Crippen LogP contribution is 2.25. The Morgan fingerprint density at radius 2 is 1.41 bits per heavy atom. The molecule has 0 spiro atoms. The van der Waals surface area contributed by atoms with E-state index in [-0.39, 0.29) is 38.0 Å². The Morgan fingerprint density at radius 3 is 2.07 bits per heavy atom. The molecule has 41 heavy (non-hydrogen) atoms. The van der Waals surface area contributed by atoms with Gasteiger partial charge in [0.1, 0.15) is 24.8 Å². The summed E-state index contributed by atoms with van der Waals surface area (Å²) in [6.07, 6.45) is 0. The van der Waals surface area contributed by atoms with Crippen molar-refractivity contribution >= 4 is 17.6 Å². The van der Waals surface area contributed by atoms with Crippen molar-refractivity contribution in [3.05, 3.63) is 138 Å². The highest BCUT2D eigenvalue weighted by Gasteiger charge is 2.20. The van der Waals surface area contributed by atoms with Crippen LogP contribution in [-0.2, 0) is 27.5 Å². The minimum Gasteiger partial charge on any atom is -0.367 e. The summed E-state index contributed by atoms with van der Waals surface area (Å²) in [7, 11) is 0. The van der Waals surface area contributed by atoms with Gasteiger partial charge < -0.3 is 15.0 Å². The lowest BCUT2D eigenvalue weighted by molar-refractivity contribution is -0.139. The Kier molecular flexibility index (Phi) is 8.93. The van der Waals surface area contributed by atoms with Crippen LogP contribution in [0.1, 0.15) is 11.1 Å². The first-order chi connectivity index (χ1) is 20.0. The summed E-state index contributed by atoms with van der Waals surface area (Å²) >= 11 is 0. The molecule has 8 heteroatoms. The molecule has 206 valence electrons. The molecule has 0 aliphatic carbocycles. The lowest BCUT2D eigenvalue weighted by Gasteiger charge is -2.22. The maximum absolute atomic E-state index is 13.6. The van der Waals surface area contributed by atoms with Crippen LogP contribution in [0.15, 0.2) is 121 Å². The van der Waals surface area contributed by atoms with Crippen LogP contribution in [0, 0.1) is 5.82 Å². The monoisotopic (exact) mass is 548 g/mol. The van der Waals surface area contributed by atoms with Crippen LogP contribution in [0.4, 0.5) is 10.2 Å². The number of benzene rings is 4. The number of carbonyl (C=O) groups excluding carboxylic acids is 2. The molecule has 0 saturated heterocycles. The molecule has 0 saturated carbocycles. The predicted octanol–water partition coefficient (Wildman–Crippen LogP) is 5.86. The van der Waals surface area contributed by atoms with Gasteiger partial charge in [0.25, 0.3) is 0 Å². The molecule has 0 aliphatic rings. The Labute approximate surface area is 237 Å². The van der Waals surface area contributed by atoms with Gasteiger partial charge in [0.2, 0.25) is 11.8 Å². The van der Waals surface area contributed by atoms with Gasteiger partial charge in [-0.15, -0.1) is 0 Å². The first-order valence-corrected chi connectivity index (χ1v) is 13.2. The topological polar surface area (TPSA) is 76.5 Å². The van der Waals surface area contributed by atoms with Crippen LogP contribution < -0.4 is 5.32 Å². The van der Waals surface area contributed by atoms with E-state index in [1.54, 1.807) is 22.9 Å². The third-order valence-corrected chi connectivity index (χ3v) is 6.36. The molecule has 0 unspecified atom stereocenters. The maximum atomic E-state index is 13.6. The average Bonchev–Trinajstić information content (AvgIpc) is 3.42. The number of halogens is 1. The number of ether oxygens (including phenoxy) is 1. The van der Waals surface area contributed by atoms with Crippen LogP contribution in [-0.4, -0.2) is 39.6 Å². The summed E-state index contributed by atoms with van der Waals surface area (Å²) in [6.45, 7) is 0.170. The predicted molar refractivity (Wildman–Crippen MR) is 156 cm³/mol. The third-order valence-electron chi connectivity index (χ3n) is 6.36. The van der Waals surface area contributed by atoms with Crippen molar-refractivity contribution in [1.82, 2.24) is 14.7 Å². The molecule has 0 aliphatic heterocycles. The number of nitrogens with zero attached hydrogens (tertiary/aromatic N) is 3. The summed E-state index contributed by atoms with van der Waals surface area (Å²) in [5.74, 6) is -0.690. The number of aromatic nitrogens is 2. The Balaban J connectivity index is 1.34. The molecule has 2 amide bonds. The molecule has 1 N–H and O–H groups in total. The van der Waals surface area contributed by atoms with Gasteiger partial charge in [-0.05, 0) is 35.4 Å². The number of hydrogen-bond acceptors (Lipinski definition) is 4. The van der Waals surface area contributed by atoms with Crippen molar-refractivity contribution in [1.29, 1.82) is 0 Å². The summed E-state index contributed by atoms with van der Waals surface area (Å²) < 4.78 is 20.8. The Morgan fingerprint density at radius 1 is 0.805 bits per heavy atom. The van der Waals surface area contributed by atoms with E-state index in [9.17, 15) is 14.0 Å². The van der Waals surface area contributed by atoms with E-state index in [1.165, 1.54) is 17.0 Å². The first-order valence-electron chi connectivity index (χ1n) is 13.2. The lowest BCUT2D eigenvalue weighted by atomic mass is 10.1. The number of carbonyl (C=O) groups is 2. The fraction of sp³-hybridized carbons (Fsp3) is 0.121. The van der Waals surface area contributed by atoms with Crippen molar-refractivity contribution in [3.8, 4) is 16.9 Å². The van der Waals surface area contributed by atoms with Crippen LogP contribution in [0.2, 0.25) is 0 Å². The minimum absolute atomic E-state index is 0.166.